The maximum atomic E-state index is 13.5. The van der Waals surface area contributed by atoms with Crippen LogP contribution in [0.3, 0.4) is 0 Å². The summed E-state index contributed by atoms with van der Waals surface area (Å²) in [6.07, 6.45) is 0.977. The zero-order chi connectivity index (χ0) is 10.7. The fourth-order valence-electron chi connectivity index (χ4n) is 1.86. The lowest BCUT2D eigenvalue weighted by Gasteiger charge is -2.25. The summed E-state index contributed by atoms with van der Waals surface area (Å²) in [4.78, 5) is 5.40. The molecule has 0 aliphatic carbocycles. The first-order valence-electron chi connectivity index (χ1n) is 5.17. The van der Waals surface area contributed by atoms with Crippen molar-refractivity contribution in [2.45, 2.75) is 12.5 Å². The van der Waals surface area contributed by atoms with Crippen LogP contribution in [0.5, 0.6) is 0 Å². The molecule has 2 rings (SSSR count). The third kappa shape index (κ3) is 2.17. The molecule has 1 fully saturated rings. The van der Waals surface area contributed by atoms with Crippen LogP contribution in [0.2, 0.25) is 0 Å². The van der Waals surface area contributed by atoms with Crippen molar-refractivity contribution in [3.05, 3.63) is 35.6 Å². The summed E-state index contributed by atoms with van der Waals surface area (Å²) in [5, 5.41) is 1.78. The van der Waals surface area contributed by atoms with E-state index in [0.29, 0.717) is 18.7 Å². The molecule has 0 radical (unpaired) electrons. The van der Waals surface area contributed by atoms with Gasteiger partial charge in [-0.3, -0.25) is 4.84 Å². The molecule has 0 spiro atoms. The van der Waals surface area contributed by atoms with E-state index in [1.54, 1.807) is 17.2 Å². The molecule has 1 saturated heterocycles. The lowest BCUT2D eigenvalue weighted by molar-refractivity contribution is -0.141. The van der Waals surface area contributed by atoms with Crippen LogP contribution >= 0.6 is 0 Å². The van der Waals surface area contributed by atoms with Crippen molar-refractivity contribution in [1.29, 1.82) is 0 Å². The van der Waals surface area contributed by atoms with Gasteiger partial charge >= 0.3 is 0 Å². The average Bonchev–Trinajstić information content (AvgIpc) is 2.75. The predicted octanol–water partition coefficient (Wildman–Crippen LogP) is 1.46. The Morgan fingerprint density at radius 2 is 2.27 bits per heavy atom. The Hall–Kier alpha value is -0.970. The minimum Gasteiger partial charge on any atom is -0.329 e. The Morgan fingerprint density at radius 1 is 1.47 bits per heavy atom. The lowest BCUT2D eigenvalue weighted by atomic mass is 10.1. The van der Waals surface area contributed by atoms with Crippen molar-refractivity contribution >= 4 is 0 Å². The first kappa shape index (κ1) is 10.5. The number of nitrogens with two attached hydrogens (primary N) is 1. The molecule has 0 aromatic heterocycles. The van der Waals surface area contributed by atoms with Gasteiger partial charge in [-0.15, -0.1) is 0 Å². The fourth-order valence-corrected chi connectivity index (χ4v) is 1.86. The Labute approximate surface area is 88.6 Å². The molecule has 0 saturated carbocycles. The van der Waals surface area contributed by atoms with Gasteiger partial charge in [0.1, 0.15) is 5.82 Å². The van der Waals surface area contributed by atoms with Gasteiger partial charge in [0, 0.05) is 18.7 Å². The zero-order valence-corrected chi connectivity index (χ0v) is 8.53. The largest absolute Gasteiger partial charge is 0.329 e. The van der Waals surface area contributed by atoms with Gasteiger partial charge in [-0.25, -0.2) is 4.39 Å². The maximum absolute atomic E-state index is 13.5. The predicted molar refractivity (Wildman–Crippen MR) is 55.5 cm³/mol. The lowest BCUT2D eigenvalue weighted by Crippen LogP contribution is -2.31. The van der Waals surface area contributed by atoms with Crippen LogP contribution in [0.25, 0.3) is 0 Å². The second-order valence-electron chi connectivity index (χ2n) is 3.60. The first-order valence-corrected chi connectivity index (χ1v) is 5.17. The van der Waals surface area contributed by atoms with Crippen molar-refractivity contribution in [3.63, 3.8) is 0 Å². The van der Waals surface area contributed by atoms with Crippen molar-refractivity contribution in [2.75, 3.05) is 19.7 Å². The van der Waals surface area contributed by atoms with Crippen LogP contribution in [0, 0.1) is 5.82 Å². The van der Waals surface area contributed by atoms with E-state index in [4.69, 9.17) is 10.6 Å². The number of nitrogens with zero attached hydrogens (tertiary/aromatic N) is 1. The summed E-state index contributed by atoms with van der Waals surface area (Å²) in [7, 11) is 0. The van der Waals surface area contributed by atoms with Gasteiger partial charge in [0.05, 0.1) is 12.6 Å². The van der Waals surface area contributed by atoms with Gasteiger partial charge in [0.15, 0.2) is 0 Å². The Morgan fingerprint density at radius 3 is 2.87 bits per heavy atom. The van der Waals surface area contributed by atoms with Crippen LogP contribution in [0.4, 0.5) is 4.39 Å². The molecule has 0 bridgehead atoms. The second-order valence-corrected chi connectivity index (χ2v) is 3.60. The maximum Gasteiger partial charge on any atom is 0.128 e. The van der Waals surface area contributed by atoms with Gasteiger partial charge in [-0.1, -0.05) is 18.2 Å². The smallest absolute Gasteiger partial charge is 0.128 e. The second kappa shape index (κ2) is 4.70. The quantitative estimate of drug-likeness (QED) is 0.821. The summed E-state index contributed by atoms with van der Waals surface area (Å²) in [5.74, 6) is -0.219. The number of halogens is 1. The van der Waals surface area contributed by atoms with Gasteiger partial charge in [0.25, 0.3) is 0 Å². The molecule has 0 amide bonds. The third-order valence-electron chi connectivity index (χ3n) is 2.62. The summed E-state index contributed by atoms with van der Waals surface area (Å²) in [6.45, 7) is 1.88. The number of benzene rings is 1. The zero-order valence-electron chi connectivity index (χ0n) is 8.53. The summed E-state index contributed by atoms with van der Waals surface area (Å²) in [5.41, 5.74) is 6.28. The molecule has 1 unspecified atom stereocenters. The average molecular weight is 210 g/mol. The molecule has 1 heterocycles. The van der Waals surface area contributed by atoms with E-state index in [2.05, 4.69) is 0 Å². The van der Waals surface area contributed by atoms with E-state index in [-0.39, 0.29) is 11.9 Å². The van der Waals surface area contributed by atoms with E-state index >= 15 is 0 Å². The molecular weight excluding hydrogens is 195 g/mol. The highest BCUT2D eigenvalue weighted by molar-refractivity contribution is 5.21. The molecule has 15 heavy (non-hydrogen) atoms. The minimum atomic E-state index is -0.219. The highest BCUT2D eigenvalue weighted by Crippen LogP contribution is 2.25. The number of hydroxylamine groups is 2. The Balaban J connectivity index is 2.22. The van der Waals surface area contributed by atoms with E-state index < -0.39 is 0 Å². The van der Waals surface area contributed by atoms with Crippen molar-refractivity contribution in [2.24, 2.45) is 5.73 Å². The van der Waals surface area contributed by atoms with Gasteiger partial charge < -0.3 is 5.73 Å². The van der Waals surface area contributed by atoms with Crippen LogP contribution in [-0.2, 0) is 4.84 Å². The highest BCUT2D eigenvalue weighted by Gasteiger charge is 2.25. The van der Waals surface area contributed by atoms with Crippen molar-refractivity contribution in [1.82, 2.24) is 5.06 Å². The molecule has 1 aromatic carbocycles. The number of hydrogen-bond donors (Lipinski definition) is 1. The molecular formula is C11H15FN2O. The van der Waals surface area contributed by atoms with Gasteiger partial charge in [0.2, 0.25) is 0 Å². The monoisotopic (exact) mass is 210 g/mol. The minimum absolute atomic E-state index is 0.173. The molecule has 1 aliphatic heterocycles. The van der Waals surface area contributed by atoms with Crippen LogP contribution in [0.1, 0.15) is 18.0 Å². The molecule has 2 N–H and O–H groups in total. The van der Waals surface area contributed by atoms with Crippen LogP contribution in [-0.4, -0.2) is 24.8 Å². The molecule has 1 aliphatic rings. The molecule has 1 atom stereocenters. The topological polar surface area (TPSA) is 38.5 Å². The van der Waals surface area contributed by atoms with Crippen molar-refractivity contribution in [3.8, 4) is 0 Å². The van der Waals surface area contributed by atoms with Gasteiger partial charge in [-0.2, -0.15) is 5.06 Å². The number of rotatable bonds is 3. The van der Waals surface area contributed by atoms with Crippen LogP contribution < -0.4 is 5.73 Å². The molecule has 4 heteroatoms. The summed E-state index contributed by atoms with van der Waals surface area (Å²) in [6, 6.07) is 6.53. The SMILES string of the molecule is NCC(c1ccccc1F)N1CCCO1. The standard InChI is InChI=1S/C11H15FN2O/c12-10-5-2-1-4-9(10)11(8-13)14-6-3-7-15-14/h1-2,4-5,11H,3,6-8,13H2. The molecule has 82 valence electrons. The third-order valence-corrected chi connectivity index (χ3v) is 2.62. The summed E-state index contributed by atoms with van der Waals surface area (Å²) < 4.78 is 13.5. The highest BCUT2D eigenvalue weighted by atomic mass is 19.1. The number of hydrogen-bond acceptors (Lipinski definition) is 3. The van der Waals surface area contributed by atoms with Crippen molar-refractivity contribution < 1.29 is 9.23 Å². The molecule has 3 nitrogen and oxygen atoms in total. The first-order chi connectivity index (χ1) is 7.33. The van der Waals surface area contributed by atoms with Crippen LogP contribution in [0.15, 0.2) is 24.3 Å². The van der Waals surface area contributed by atoms with E-state index in [1.807, 2.05) is 6.07 Å². The van der Waals surface area contributed by atoms with E-state index in [0.717, 1.165) is 13.0 Å². The van der Waals surface area contributed by atoms with E-state index in [9.17, 15) is 4.39 Å². The van der Waals surface area contributed by atoms with E-state index in [1.165, 1.54) is 6.07 Å². The molecule has 1 aromatic rings. The fraction of sp³-hybridized carbons (Fsp3) is 0.455. The summed E-state index contributed by atoms with van der Waals surface area (Å²) >= 11 is 0. The Kier molecular flexibility index (Phi) is 3.30. The van der Waals surface area contributed by atoms with Gasteiger partial charge in [-0.05, 0) is 12.5 Å². The normalized spacial score (nSPS) is 19.3. The Bertz CT molecular complexity index is 326.